The molecule has 0 spiro atoms. The Morgan fingerprint density at radius 1 is 0.878 bits per heavy atom. The summed E-state index contributed by atoms with van der Waals surface area (Å²) in [6.07, 6.45) is -3.75. The van der Waals surface area contributed by atoms with Gasteiger partial charge in [-0.3, -0.25) is 47.2 Å². The molecule has 1 aromatic heterocycles. The molecular weight excluding hydrogens is 1350 g/mol. The second-order valence-corrected chi connectivity index (χ2v) is 25.6. The molecule has 6 unspecified atom stereocenters. The number of aryl methyl sites for hydroxylation is 2. The average molecular weight is 1420 g/mol. The number of nitrogens with zero attached hydrogens (tertiary/aromatic N) is 8. The van der Waals surface area contributed by atoms with Gasteiger partial charge in [0, 0.05) is 108 Å². The molecule has 3 aliphatic rings. The normalized spacial score (nSPS) is 16.2. The van der Waals surface area contributed by atoms with E-state index in [4.69, 9.17) is 43.9 Å². The quantitative estimate of drug-likeness (QED) is 0.00670. The molecule has 3 heterocycles. The number of benzene rings is 4. The molecule has 3 aromatic carbocycles. The van der Waals surface area contributed by atoms with E-state index in [0.717, 1.165) is 43.9 Å². The average Bonchev–Trinajstić information content (AvgIpc) is 0.825. The fourth-order valence-electron chi connectivity index (χ4n) is 9.90. The van der Waals surface area contributed by atoms with Crippen LogP contribution in [-0.4, -0.2) is 123 Å². The smallest absolute Gasteiger partial charge is 0.336 e. The number of aromatic carboxylic acids is 1. The van der Waals surface area contributed by atoms with E-state index in [1.54, 1.807) is 30.3 Å². The number of Topliss-reactive ketones (excluding diaryl/α,β-unsaturated/α-hetero) is 2. The zero-order chi connectivity index (χ0) is 71.2. The number of aromatic nitrogens is 2. The number of carboxylic acid groups (broad SMARTS) is 1. The van der Waals surface area contributed by atoms with Crippen molar-refractivity contribution in [3.05, 3.63) is 148 Å². The molecule has 1 amide bonds. The molecule has 4 N–H and O–H groups in total. The third kappa shape index (κ3) is 22.9. The van der Waals surface area contributed by atoms with Crippen LogP contribution in [0.4, 0.5) is 5.69 Å². The number of amides is 1. The number of hydrogen-bond acceptors (Lipinski definition) is 27. The summed E-state index contributed by atoms with van der Waals surface area (Å²) in [5.74, 6) is 4.22. The van der Waals surface area contributed by atoms with Crippen molar-refractivity contribution >= 4 is 63.6 Å². The molecule has 1 saturated heterocycles. The Morgan fingerprint density at radius 2 is 1.65 bits per heavy atom. The number of hydrogen-bond donors (Lipinski definition) is 4. The highest BCUT2D eigenvalue weighted by molar-refractivity contribution is 7.64. The maximum Gasteiger partial charge on any atom is 0.336 e. The van der Waals surface area contributed by atoms with Crippen molar-refractivity contribution in [2.24, 2.45) is 15.2 Å². The van der Waals surface area contributed by atoms with Gasteiger partial charge in [0.1, 0.15) is 66.5 Å². The monoisotopic (exact) mass is 1420 g/mol. The van der Waals surface area contributed by atoms with E-state index in [0.29, 0.717) is 54.2 Å². The van der Waals surface area contributed by atoms with Crippen LogP contribution in [0.2, 0.25) is 0 Å². The van der Waals surface area contributed by atoms with Gasteiger partial charge in [0.05, 0.1) is 51.3 Å². The lowest BCUT2D eigenvalue weighted by Gasteiger charge is -2.37. The van der Waals surface area contributed by atoms with Crippen LogP contribution in [0.15, 0.2) is 102 Å². The van der Waals surface area contributed by atoms with Gasteiger partial charge >= 0.3 is 11.7 Å². The molecule has 4 aromatic rings. The number of nitrogens with one attached hydrogen (secondary N) is 3. The van der Waals surface area contributed by atoms with Crippen molar-refractivity contribution in [2.45, 2.75) is 97.3 Å². The van der Waals surface area contributed by atoms with Crippen molar-refractivity contribution in [3.63, 3.8) is 0 Å². The summed E-state index contributed by atoms with van der Waals surface area (Å²) in [7, 11) is -18.6. The molecule has 0 radical (unpaired) electrons. The fourth-order valence-corrected chi connectivity index (χ4v) is 12.8. The lowest BCUT2D eigenvalue weighted by molar-refractivity contribution is -0.339. The maximum absolute atomic E-state index is 13.1. The van der Waals surface area contributed by atoms with Crippen LogP contribution in [0, 0.1) is 25.7 Å². The maximum atomic E-state index is 13.1. The fraction of sp³-hybridized carbons (Fsp3) is 0.417. The van der Waals surface area contributed by atoms with Crippen molar-refractivity contribution in [1.82, 2.24) is 14.9 Å². The van der Waals surface area contributed by atoms with Crippen LogP contribution in [0.1, 0.15) is 102 Å². The lowest BCUT2D eigenvalue weighted by atomic mass is 9.89. The van der Waals surface area contributed by atoms with Gasteiger partial charge in [0.15, 0.2) is 12.0 Å². The van der Waals surface area contributed by atoms with Crippen molar-refractivity contribution < 1.29 is 104 Å². The van der Waals surface area contributed by atoms with E-state index in [1.807, 2.05) is 56.9 Å². The Balaban J connectivity index is 0.802. The molecule has 2 aliphatic heterocycles. The van der Waals surface area contributed by atoms with Gasteiger partial charge in [0.2, 0.25) is 0 Å². The number of anilines is 1. The standard InChI is InChI=1S/C60H70N11O24P3/c1-5-63-48-28-50-46(24-36(48)3)56(47-25-37(4)49(64-6-2)29-51(47)92-50)44-19-18-43(27-45(44)59(76)77)87-21-11-16-40(72)15-10-20-65-57(74)38-13-9-17-42(26-38)89-34-54(68-70-62)88-23-22-86-32-41(73)14-8-7-12-39-31-71(60(78)67-58(39)75)55-30-52(90-35-66-69-61)53(93-55)33-91-97(82,83)95-98(84,85)94-96(79,80)81/h9,13,17-19,24-29,31,52-55,63H,5-6,8,10-11,14-16,20-23,30,32-35H2,1-4H3,(H,65,74)(H,76,77)(H,82,83)(H,84,85)(H,67,75,78)(H2,79,80,81)/p-4. The molecule has 38 heteroatoms. The highest BCUT2D eigenvalue weighted by Gasteiger charge is 2.39. The first-order valence-corrected chi connectivity index (χ1v) is 34.5. The number of carbonyl (C=O) groups is 4. The van der Waals surface area contributed by atoms with Gasteiger partial charge in [-0.1, -0.05) is 28.1 Å². The molecule has 1 aliphatic carbocycles. The summed E-state index contributed by atoms with van der Waals surface area (Å²) >= 11 is 0. The van der Waals surface area contributed by atoms with Gasteiger partial charge in [0.25, 0.3) is 27.1 Å². The van der Waals surface area contributed by atoms with Gasteiger partial charge < -0.3 is 77.2 Å². The molecule has 7 rings (SSSR count). The van der Waals surface area contributed by atoms with Crippen molar-refractivity contribution in [1.29, 1.82) is 0 Å². The first-order chi connectivity index (χ1) is 46.7. The largest absolute Gasteiger partial charge is 0.790 e. The number of ketones is 2. The topological polar surface area (TPSA) is 517 Å². The minimum Gasteiger partial charge on any atom is -0.790 e. The van der Waals surface area contributed by atoms with Crippen molar-refractivity contribution in [3.8, 4) is 45.8 Å². The number of phosphoric ester groups is 1. The van der Waals surface area contributed by atoms with E-state index >= 15 is 0 Å². The van der Waals surface area contributed by atoms with E-state index in [-0.39, 0.29) is 99.9 Å². The molecule has 35 nitrogen and oxygen atoms in total. The SMILES string of the molecule is CCN=c1cc2oc3cc(NCC)c(C)cc3c(-c3ccc(OCCCC(=O)CCCNC(=O)c4cccc(OCC(N=[N+]=[N-])OCCOCC(=O)CCC#Cc5cn(C6CC(OCN=[N+]=[N-])C(COP(=O)([O-])OP(=O)([O-])OP(=O)([O-])[O-])O6)c(=O)[nH]c5=O)c4)cc3C(=O)O)c-2cc1C. The summed E-state index contributed by atoms with van der Waals surface area (Å²) in [6.45, 7) is 6.78. The number of azide groups is 2. The third-order valence-corrected chi connectivity index (χ3v) is 17.9. The molecule has 98 heavy (non-hydrogen) atoms. The number of carbonyl (C=O) groups excluding carboxylic acids is 3. The van der Waals surface area contributed by atoms with Gasteiger partial charge in [-0.15, -0.1) is 0 Å². The number of carboxylic acids is 1. The number of phosphoric acid groups is 3. The number of H-pyrrole nitrogens is 1. The minimum absolute atomic E-state index is 0.0279. The second kappa shape index (κ2) is 36.1. The second-order valence-electron chi connectivity index (χ2n) is 21.3. The molecule has 6 atom stereocenters. The minimum atomic E-state index is -6.30. The highest BCUT2D eigenvalue weighted by Crippen LogP contribution is 2.60. The molecule has 1 fully saturated rings. The molecule has 0 bridgehead atoms. The van der Waals surface area contributed by atoms with Crippen molar-refractivity contribution in [2.75, 3.05) is 71.3 Å². The summed E-state index contributed by atoms with van der Waals surface area (Å²) < 4.78 is 86.4. The third-order valence-electron chi connectivity index (χ3n) is 14.2. The Bertz CT molecular complexity index is 4380. The zero-order valence-corrected chi connectivity index (χ0v) is 55.7. The van der Waals surface area contributed by atoms with Crippen LogP contribution in [0.25, 0.3) is 54.3 Å². The van der Waals surface area contributed by atoms with Gasteiger partial charge in [-0.05, 0) is 117 Å². The van der Waals surface area contributed by atoms with E-state index in [9.17, 15) is 67.1 Å². The Morgan fingerprint density at radius 3 is 2.39 bits per heavy atom. The Hall–Kier alpha value is -8.86. The van der Waals surface area contributed by atoms with Crippen LogP contribution in [0.5, 0.6) is 11.5 Å². The summed E-state index contributed by atoms with van der Waals surface area (Å²) in [5.41, 5.74) is 21.0. The lowest BCUT2D eigenvalue weighted by Crippen LogP contribution is -2.33. The number of ether oxygens (including phenoxy) is 6. The summed E-state index contributed by atoms with van der Waals surface area (Å²) in [4.78, 5) is 134. The Labute approximate surface area is 557 Å². The zero-order valence-electron chi connectivity index (χ0n) is 53.0. The Kier molecular flexibility index (Phi) is 28.2. The molecule has 524 valence electrons. The van der Waals surface area contributed by atoms with Gasteiger partial charge in [-0.2, -0.15) is 0 Å². The van der Waals surface area contributed by atoms with Crippen LogP contribution in [-0.2, 0) is 55.4 Å². The first-order valence-electron chi connectivity index (χ1n) is 30.1. The number of aromatic amines is 1. The molecule has 0 saturated carbocycles. The van der Waals surface area contributed by atoms with E-state index in [1.165, 1.54) is 12.1 Å². The van der Waals surface area contributed by atoms with Gasteiger partial charge in [-0.25, -0.2) is 13.9 Å². The van der Waals surface area contributed by atoms with Crippen LogP contribution < -0.4 is 56.3 Å². The first kappa shape index (κ1) is 76.5. The molecular formula is C60H66N11O24P3-4. The summed E-state index contributed by atoms with van der Waals surface area (Å²) in [5, 5.41) is 25.0. The predicted molar refractivity (Wildman–Crippen MR) is 339 cm³/mol. The van der Waals surface area contributed by atoms with Crippen LogP contribution >= 0.6 is 23.5 Å². The number of fused-ring (bicyclic) bond motifs is 2. The highest BCUT2D eigenvalue weighted by atomic mass is 31.3. The van der Waals surface area contributed by atoms with E-state index in [2.05, 4.69) is 60.7 Å². The summed E-state index contributed by atoms with van der Waals surface area (Å²) in [6, 6.07) is 18.8. The number of rotatable bonds is 38. The van der Waals surface area contributed by atoms with E-state index < -0.39 is 90.4 Å². The predicted octanol–water partition coefficient (Wildman–Crippen LogP) is 5.87. The van der Waals surface area contributed by atoms with Crippen LogP contribution in [0.3, 0.4) is 0 Å².